The Balaban J connectivity index is 3.02. The third kappa shape index (κ3) is 17.4. The molecule has 0 spiro atoms. The molecule has 8 heteroatoms. The first kappa shape index (κ1) is 40.1. The molecule has 1 rings (SSSR count). The fraction of sp³-hybridized carbons (Fsp3) is 0.730. The van der Waals surface area contributed by atoms with Gasteiger partial charge >= 0.3 is 23.9 Å². The van der Waals surface area contributed by atoms with Gasteiger partial charge in [0.05, 0.1) is 42.1 Å². The predicted molar refractivity (Wildman–Crippen MR) is 178 cm³/mol. The molecular weight excluding hydrogens is 572 g/mol. The molecule has 1 aromatic rings. The largest absolute Gasteiger partial charge is 0.478 e. The molecule has 0 aliphatic rings. The molecule has 0 radical (unpaired) electrons. The Bertz CT molecular complexity index is 987. The molecule has 45 heavy (non-hydrogen) atoms. The number of ether oxygens (including phenoxy) is 3. The van der Waals surface area contributed by atoms with Crippen LogP contribution in [0, 0.1) is 0 Å². The number of aromatic carboxylic acids is 1. The number of hydrogen-bond acceptors (Lipinski definition) is 7. The van der Waals surface area contributed by atoms with Crippen LogP contribution in [0.15, 0.2) is 12.1 Å². The number of rotatable bonds is 28. The Morgan fingerprint density at radius 2 is 0.733 bits per heavy atom. The van der Waals surface area contributed by atoms with E-state index in [1.165, 1.54) is 63.9 Å². The molecule has 0 aliphatic heterocycles. The van der Waals surface area contributed by atoms with Crippen molar-refractivity contribution in [3.05, 3.63) is 34.4 Å². The number of carbonyl (C=O) groups is 4. The van der Waals surface area contributed by atoms with Crippen LogP contribution in [0.25, 0.3) is 0 Å². The summed E-state index contributed by atoms with van der Waals surface area (Å²) in [6.45, 7) is 6.85. The van der Waals surface area contributed by atoms with Crippen molar-refractivity contribution in [3.8, 4) is 0 Å². The lowest BCUT2D eigenvalue weighted by Gasteiger charge is -2.16. The maximum atomic E-state index is 13.4. The highest BCUT2D eigenvalue weighted by molar-refractivity contribution is 6.14. The van der Waals surface area contributed by atoms with Crippen LogP contribution in [-0.2, 0) is 14.2 Å². The maximum Gasteiger partial charge on any atom is 0.339 e. The molecule has 0 saturated carbocycles. The summed E-state index contributed by atoms with van der Waals surface area (Å²) in [5.74, 6) is -4.07. The van der Waals surface area contributed by atoms with Gasteiger partial charge in [0.2, 0.25) is 0 Å². The lowest BCUT2D eigenvalue weighted by atomic mass is 9.95. The van der Waals surface area contributed by atoms with Gasteiger partial charge in [0.1, 0.15) is 0 Å². The molecule has 0 atom stereocenters. The fourth-order valence-corrected chi connectivity index (χ4v) is 5.27. The van der Waals surface area contributed by atoms with Crippen molar-refractivity contribution < 1.29 is 38.5 Å². The highest BCUT2D eigenvalue weighted by Crippen LogP contribution is 2.24. The summed E-state index contributed by atoms with van der Waals surface area (Å²) >= 11 is 0. The molecule has 8 nitrogen and oxygen atoms in total. The van der Waals surface area contributed by atoms with Gasteiger partial charge < -0.3 is 19.3 Å². The number of hydrogen-bond donors (Lipinski definition) is 1. The van der Waals surface area contributed by atoms with Gasteiger partial charge in [-0.3, -0.25) is 0 Å². The van der Waals surface area contributed by atoms with E-state index in [4.69, 9.17) is 14.2 Å². The SMILES string of the molecule is CCCCCCCCCOC(=O)c1ccc(C(=O)O)c(C(=O)OCCCCCCCCC)c1C(=O)OCCCCCCCCC. The molecule has 0 unspecified atom stereocenters. The molecular formula is C37H60O8. The molecule has 0 saturated heterocycles. The van der Waals surface area contributed by atoms with Crippen molar-refractivity contribution in [1.82, 2.24) is 0 Å². The van der Waals surface area contributed by atoms with Crippen LogP contribution in [-0.4, -0.2) is 48.8 Å². The normalized spacial score (nSPS) is 10.9. The quantitative estimate of drug-likeness (QED) is 0.0551. The van der Waals surface area contributed by atoms with E-state index < -0.39 is 40.6 Å². The Kier molecular flexibility index (Phi) is 23.5. The van der Waals surface area contributed by atoms with Gasteiger partial charge in [-0.05, 0) is 31.4 Å². The molecule has 0 bridgehead atoms. The van der Waals surface area contributed by atoms with Crippen LogP contribution in [0.3, 0.4) is 0 Å². The molecule has 0 heterocycles. The predicted octanol–water partition coefficient (Wildman–Crippen LogP) is 10.1. The van der Waals surface area contributed by atoms with E-state index >= 15 is 0 Å². The van der Waals surface area contributed by atoms with Crippen LogP contribution >= 0.6 is 0 Å². The first-order valence-electron chi connectivity index (χ1n) is 17.8. The minimum absolute atomic E-state index is 0.0884. The van der Waals surface area contributed by atoms with Gasteiger partial charge in [-0.1, -0.05) is 136 Å². The number of unbranched alkanes of at least 4 members (excludes halogenated alkanes) is 18. The average molecular weight is 633 g/mol. The summed E-state index contributed by atoms with van der Waals surface area (Å²) in [6.07, 6.45) is 21.7. The van der Waals surface area contributed by atoms with Crippen LogP contribution in [0.2, 0.25) is 0 Å². The third-order valence-corrected chi connectivity index (χ3v) is 8.01. The van der Waals surface area contributed by atoms with E-state index in [-0.39, 0.29) is 25.4 Å². The summed E-state index contributed by atoms with van der Waals surface area (Å²) < 4.78 is 16.4. The van der Waals surface area contributed by atoms with Gasteiger partial charge in [-0.25, -0.2) is 19.2 Å². The second-order valence-corrected chi connectivity index (χ2v) is 12.0. The second kappa shape index (κ2) is 26.3. The van der Waals surface area contributed by atoms with Crippen molar-refractivity contribution in [2.24, 2.45) is 0 Å². The minimum atomic E-state index is -1.40. The number of carbonyl (C=O) groups excluding carboxylic acids is 3. The molecule has 0 aliphatic carbocycles. The Hall–Kier alpha value is -2.90. The van der Waals surface area contributed by atoms with E-state index in [0.717, 1.165) is 63.9 Å². The van der Waals surface area contributed by atoms with Gasteiger partial charge in [-0.15, -0.1) is 0 Å². The zero-order valence-electron chi connectivity index (χ0n) is 28.4. The molecule has 256 valence electrons. The molecule has 1 aromatic carbocycles. The van der Waals surface area contributed by atoms with Gasteiger partial charge in [0.15, 0.2) is 0 Å². The first-order chi connectivity index (χ1) is 21.9. The van der Waals surface area contributed by atoms with E-state index in [1.807, 2.05) is 0 Å². The average Bonchev–Trinajstić information content (AvgIpc) is 3.03. The standard InChI is InChI=1S/C37H60O8/c1-4-7-10-13-16-19-22-27-43-35(40)31-26-25-30(34(38)39)32(36(41)44-28-23-20-17-14-11-8-5-2)33(31)37(42)45-29-24-21-18-15-12-9-6-3/h25-26H,4-24,27-29H2,1-3H3,(H,38,39). The Morgan fingerprint density at radius 1 is 0.444 bits per heavy atom. The first-order valence-corrected chi connectivity index (χ1v) is 17.8. The zero-order valence-corrected chi connectivity index (χ0v) is 28.4. The molecule has 0 aromatic heterocycles. The van der Waals surface area contributed by atoms with Crippen LogP contribution < -0.4 is 0 Å². The van der Waals surface area contributed by atoms with Gasteiger partial charge in [0, 0.05) is 0 Å². The summed E-state index contributed by atoms with van der Waals surface area (Å²) in [7, 11) is 0. The minimum Gasteiger partial charge on any atom is -0.478 e. The highest BCUT2D eigenvalue weighted by Gasteiger charge is 2.32. The van der Waals surface area contributed by atoms with E-state index in [2.05, 4.69) is 20.8 Å². The van der Waals surface area contributed by atoms with E-state index in [1.54, 1.807) is 0 Å². The van der Waals surface area contributed by atoms with Crippen LogP contribution in [0.1, 0.15) is 197 Å². The molecule has 1 N–H and O–H groups in total. The summed E-state index contributed by atoms with van der Waals surface area (Å²) in [5.41, 5.74) is -1.45. The highest BCUT2D eigenvalue weighted by atomic mass is 16.5. The third-order valence-electron chi connectivity index (χ3n) is 8.01. The Morgan fingerprint density at radius 3 is 1.09 bits per heavy atom. The van der Waals surface area contributed by atoms with Crippen molar-refractivity contribution in [1.29, 1.82) is 0 Å². The second-order valence-electron chi connectivity index (χ2n) is 12.0. The molecule has 0 fully saturated rings. The summed E-state index contributed by atoms with van der Waals surface area (Å²) in [6, 6.07) is 2.39. The van der Waals surface area contributed by atoms with E-state index in [0.29, 0.717) is 19.3 Å². The summed E-state index contributed by atoms with van der Waals surface area (Å²) in [4.78, 5) is 52.1. The maximum absolute atomic E-state index is 13.4. The molecule has 0 amide bonds. The van der Waals surface area contributed by atoms with Crippen LogP contribution in [0.5, 0.6) is 0 Å². The van der Waals surface area contributed by atoms with Crippen LogP contribution in [0.4, 0.5) is 0 Å². The Labute approximate surface area is 272 Å². The lowest BCUT2D eigenvalue weighted by molar-refractivity contribution is 0.0426. The van der Waals surface area contributed by atoms with Crippen molar-refractivity contribution in [2.45, 2.75) is 156 Å². The van der Waals surface area contributed by atoms with Crippen molar-refractivity contribution in [3.63, 3.8) is 0 Å². The van der Waals surface area contributed by atoms with Gasteiger partial charge in [0.25, 0.3) is 0 Å². The number of esters is 3. The van der Waals surface area contributed by atoms with E-state index in [9.17, 15) is 24.3 Å². The number of benzene rings is 1. The summed E-state index contributed by atoms with van der Waals surface area (Å²) in [5, 5.41) is 9.90. The number of carboxylic acids is 1. The number of carboxylic acid groups (broad SMARTS) is 1. The lowest BCUT2D eigenvalue weighted by Crippen LogP contribution is -2.23. The fourth-order valence-electron chi connectivity index (χ4n) is 5.27. The topological polar surface area (TPSA) is 116 Å². The zero-order chi connectivity index (χ0) is 33.1. The van der Waals surface area contributed by atoms with Crippen molar-refractivity contribution in [2.75, 3.05) is 19.8 Å². The smallest absolute Gasteiger partial charge is 0.339 e. The van der Waals surface area contributed by atoms with Crippen molar-refractivity contribution >= 4 is 23.9 Å². The monoisotopic (exact) mass is 632 g/mol. The van der Waals surface area contributed by atoms with Gasteiger partial charge in [-0.2, -0.15) is 0 Å².